The van der Waals surface area contributed by atoms with E-state index < -0.39 is 0 Å². The van der Waals surface area contributed by atoms with Crippen LogP contribution < -0.4 is 10.2 Å². The predicted molar refractivity (Wildman–Crippen MR) is 89.3 cm³/mol. The van der Waals surface area contributed by atoms with Crippen molar-refractivity contribution in [3.63, 3.8) is 0 Å². The smallest absolute Gasteiger partial charge is 0.258 e. The van der Waals surface area contributed by atoms with E-state index in [0.29, 0.717) is 17.8 Å². The highest BCUT2D eigenvalue weighted by molar-refractivity contribution is 6.07. The molecule has 0 bridgehead atoms. The zero-order valence-corrected chi connectivity index (χ0v) is 13.1. The van der Waals surface area contributed by atoms with Crippen molar-refractivity contribution >= 4 is 23.2 Å². The van der Waals surface area contributed by atoms with E-state index >= 15 is 0 Å². The molecule has 4 heteroatoms. The van der Waals surface area contributed by atoms with Crippen LogP contribution in [0.1, 0.15) is 29.8 Å². The van der Waals surface area contributed by atoms with Gasteiger partial charge in [0.1, 0.15) is 0 Å². The van der Waals surface area contributed by atoms with Crippen LogP contribution in [0.3, 0.4) is 0 Å². The van der Waals surface area contributed by atoms with Crippen LogP contribution in [0.5, 0.6) is 0 Å². The molecule has 2 amide bonds. The maximum Gasteiger partial charge on any atom is 0.258 e. The second-order valence-corrected chi connectivity index (χ2v) is 5.10. The minimum atomic E-state index is -0.150. The van der Waals surface area contributed by atoms with E-state index in [1.165, 1.54) is 6.92 Å². The Hall–Kier alpha value is -2.62. The standard InChI is InChI=1S/C18H20N2O2/c1-4-20(16-8-6-5-7-9-16)18(22)15-11-10-13(2)17(12-15)19-14(3)21/h5-12H,4H2,1-3H3,(H,19,21). The van der Waals surface area contributed by atoms with Crippen LogP contribution in [0.25, 0.3) is 0 Å². The van der Waals surface area contributed by atoms with Crippen LogP contribution in [0.15, 0.2) is 48.5 Å². The van der Waals surface area contributed by atoms with Gasteiger partial charge in [0.2, 0.25) is 5.91 Å². The molecule has 0 saturated carbocycles. The van der Waals surface area contributed by atoms with E-state index in [1.54, 1.807) is 17.0 Å². The lowest BCUT2D eigenvalue weighted by Crippen LogP contribution is -2.30. The van der Waals surface area contributed by atoms with Gasteiger partial charge in [-0.3, -0.25) is 9.59 Å². The molecule has 0 heterocycles. The Labute approximate surface area is 130 Å². The first-order valence-corrected chi connectivity index (χ1v) is 7.28. The molecule has 0 atom stereocenters. The summed E-state index contributed by atoms with van der Waals surface area (Å²) in [5, 5.41) is 2.76. The Bertz CT molecular complexity index is 681. The van der Waals surface area contributed by atoms with Crippen molar-refractivity contribution in [1.29, 1.82) is 0 Å². The third-order valence-electron chi connectivity index (χ3n) is 3.42. The molecule has 1 N–H and O–H groups in total. The van der Waals surface area contributed by atoms with Crippen molar-refractivity contribution in [3.05, 3.63) is 59.7 Å². The molecule has 0 unspecified atom stereocenters. The van der Waals surface area contributed by atoms with Gasteiger partial charge in [0.15, 0.2) is 0 Å². The number of rotatable bonds is 4. The molecule has 0 saturated heterocycles. The highest BCUT2D eigenvalue weighted by Crippen LogP contribution is 2.21. The molecule has 0 fully saturated rings. The van der Waals surface area contributed by atoms with Crippen molar-refractivity contribution in [2.24, 2.45) is 0 Å². The van der Waals surface area contributed by atoms with Gasteiger partial charge in [0.25, 0.3) is 5.91 Å². The molecule has 114 valence electrons. The minimum absolute atomic E-state index is 0.0831. The molecular formula is C18H20N2O2. The average Bonchev–Trinajstić information content (AvgIpc) is 2.50. The van der Waals surface area contributed by atoms with Crippen molar-refractivity contribution < 1.29 is 9.59 Å². The maximum absolute atomic E-state index is 12.7. The molecule has 0 aromatic heterocycles. The molecule has 2 rings (SSSR count). The SMILES string of the molecule is CCN(C(=O)c1ccc(C)c(NC(C)=O)c1)c1ccccc1. The Balaban J connectivity index is 2.34. The van der Waals surface area contributed by atoms with Crippen molar-refractivity contribution in [1.82, 2.24) is 0 Å². The Kier molecular flexibility index (Phi) is 4.94. The lowest BCUT2D eigenvalue weighted by atomic mass is 10.1. The Morgan fingerprint density at radius 2 is 1.77 bits per heavy atom. The van der Waals surface area contributed by atoms with Crippen LogP contribution in [-0.4, -0.2) is 18.4 Å². The van der Waals surface area contributed by atoms with Gasteiger partial charge in [-0.1, -0.05) is 24.3 Å². The summed E-state index contributed by atoms with van der Waals surface area (Å²) in [5.41, 5.74) is 3.01. The highest BCUT2D eigenvalue weighted by atomic mass is 16.2. The van der Waals surface area contributed by atoms with Crippen LogP contribution in [0, 0.1) is 6.92 Å². The third kappa shape index (κ3) is 3.52. The third-order valence-corrected chi connectivity index (χ3v) is 3.42. The fourth-order valence-corrected chi connectivity index (χ4v) is 2.29. The molecule has 0 aliphatic heterocycles. The second-order valence-electron chi connectivity index (χ2n) is 5.10. The molecule has 4 nitrogen and oxygen atoms in total. The van der Waals surface area contributed by atoms with E-state index in [1.807, 2.05) is 50.2 Å². The number of carbonyl (C=O) groups excluding carboxylic acids is 2. The van der Waals surface area contributed by atoms with E-state index in [9.17, 15) is 9.59 Å². The Morgan fingerprint density at radius 3 is 2.36 bits per heavy atom. The van der Waals surface area contributed by atoms with Crippen LogP contribution in [-0.2, 0) is 4.79 Å². The van der Waals surface area contributed by atoms with Gasteiger partial charge >= 0.3 is 0 Å². The van der Waals surface area contributed by atoms with Gasteiger partial charge in [0.05, 0.1) is 0 Å². The number of amides is 2. The molecular weight excluding hydrogens is 276 g/mol. The normalized spacial score (nSPS) is 10.1. The molecule has 0 spiro atoms. The summed E-state index contributed by atoms with van der Waals surface area (Å²) >= 11 is 0. The predicted octanol–water partition coefficient (Wildman–Crippen LogP) is 3.62. The lowest BCUT2D eigenvalue weighted by molar-refractivity contribution is -0.114. The molecule has 2 aromatic carbocycles. The lowest BCUT2D eigenvalue weighted by Gasteiger charge is -2.21. The molecule has 0 aliphatic rings. The number of hydrogen-bond acceptors (Lipinski definition) is 2. The molecule has 0 radical (unpaired) electrons. The summed E-state index contributed by atoms with van der Waals surface area (Å²) in [6, 6.07) is 14.9. The monoisotopic (exact) mass is 296 g/mol. The average molecular weight is 296 g/mol. The highest BCUT2D eigenvalue weighted by Gasteiger charge is 2.17. The Morgan fingerprint density at radius 1 is 1.09 bits per heavy atom. The van der Waals surface area contributed by atoms with Gasteiger partial charge in [-0.15, -0.1) is 0 Å². The van der Waals surface area contributed by atoms with E-state index in [-0.39, 0.29) is 11.8 Å². The largest absolute Gasteiger partial charge is 0.326 e. The quantitative estimate of drug-likeness (QED) is 0.936. The fraction of sp³-hybridized carbons (Fsp3) is 0.222. The van der Waals surface area contributed by atoms with Crippen LogP contribution >= 0.6 is 0 Å². The summed E-state index contributed by atoms with van der Waals surface area (Å²) in [7, 11) is 0. The zero-order chi connectivity index (χ0) is 16.1. The number of nitrogens with one attached hydrogen (secondary N) is 1. The number of hydrogen-bond donors (Lipinski definition) is 1. The first-order chi connectivity index (χ1) is 10.5. The van der Waals surface area contributed by atoms with Crippen molar-refractivity contribution in [2.45, 2.75) is 20.8 Å². The van der Waals surface area contributed by atoms with Crippen molar-refractivity contribution in [2.75, 3.05) is 16.8 Å². The number of nitrogens with zero attached hydrogens (tertiary/aromatic N) is 1. The second kappa shape index (κ2) is 6.89. The summed E-state index contributed by atoms with van der Waals surface area (Å²) < 4.78 is 0. The van der Waals surface area contributed by atoms with Gasteiger partial charge in [0, 0.05) is 30.4 Å². The van der Waals surface area contributed by atoms with Gasteiger partial charge in [-0.05, 0) is 43.7 Å². The molecule has 22 heavy (non-hydrogen) atoms. The van der Waals surface area contributed by atoms with E-state index in [2.05, 4.69) is 5.32 Å². The molecule has 0 aliphatic carbocycles. The zero-order valence-electron chi connectivity index (χ0n) is 13.1. The minimum Gasteiger partial charge on any atom is -0.326 e. The summed E-state index contributed by atoms with van der Waals surface area (Å²) in [6.45, 7) is 5.87. The number of benzene rings is 2. The number of para-hydroxylation sites is 1. The summed E-state index contributed by atoms with van der Waals surface area (Å²) in [4.78, 5) is 25.7. The first-order valence-electron chi connectivity index (χ1n) is 7.28. The van der Waals surface area contributed by atoms with Gasteiger partial charge in [-0.2, -0.15) is 0 Å². The number of anilines is 2. The van der Waals surface area contributed by atoms with Gasteiger partial charge in [-0.25, -0.2) is 0 Å². The van der Waals surface area contributed by atoms with Crippen LogP contribution in [0.2, 0.25) is 0 Å². The fourth-order valence-electron chi connectivity index (χ4n) is 2.29. The first kappa shape index (κ1) is 15.8. The van der Waals surface area contributed by atoms with E-state index in [4.69, 9.17) is 0 Å². The van der Waals surface area contributed by atoms with Crippen molar-refractivity contribution in [3.8, 4) is 0 Å². The number of carbonyl (C=O) groups is 2. The summed E-state index contributed by atoms with van der Waals surface area (Å²) in [5.74, 6) is -0.233. The van der Waals surface area contributed by atoms with Gasteiger partial charge < -0.3 is 10.2 Å². The van der Waals surface area contributed by atoms with E-state index in [0.717, 1.165) is 11.3 Å². The molecule has 2 aromatic rings. The summed E-state index contributed by atoms with van der Waals surface area (Å²) in [6.07, 6.45) is 0. The number of aryl methyl sites for hydroxylation is 1. The topological polar surface area (TPSA) is 49.4 Å². The maximum atomic E-state index is 12.7. The van der Waals surface area contributed by atoms with Crippen LogP contribution in [0.4, 0.5) is 11.4 Å².